The molecule has 49 heavy (non-hydrogen) atoms. The molecule has 1 spiro atoms. The largest absolute Gasteiger partial charge is 0.310 e. The number of hydrogen-bond acceptors (Lipinski definition) is 1. The highest BCUT2D eigenvalue weighted by Crippen LogP contribution is 2.57. The van der Waals surface area contributed by atoms with E-state index in [-0.39, 0.29) is 10.8 Å². The molecular weight excluding hydrogens is 591 g/mol. The zero-order valence-corrected chi connectivity index (χ0v) is 27.9. The lowest BCUT2D eigenvalue weighted by atomic mass is 9.75. The first kappa shape index (κ1) is 28.4. The van der Waals surface area contributed by atoms with Crippen LogP contribution in [0.4, 0.5) is 17.1 Å². The number of fused-ring (bicyclic) bond motifs is 9. The number of para-hydroxylation sites is 1. The Bertz CT molecular complexity index is 2390. The fourth-order valence-electron chi connectivity index (χ4n) is 9.28. The van der Waals surface area contributed by atoms with E-state index >= 15 is 0 Å². The van der Waals surface area contributed by atoms with Crippen molar-refractivity contribution in [3.63, 3.8) is 0 Å². The Morgan fingerprint density at radius 3 is 1.59 bits per heavy atom. The lowest BCUT2D eigenvalue weighted by Crippen LogP contribution is -2.26. The molecule has 0 radical (unpaired) electrons. The predicted molar refractivity (Wildman–Crippen MR) is 204 cm³/mol. The summed E-state index contributed by atoms with van der Waals surface area (Å²) in [6, 6.07) is 61.3. The van der Waals surface area contributed by atoms with Crippen molar-refractivity contribution in [2.24, 2.45) is 0 Å². The Morgan fingerprint density at radius 2 is 0.898 bits per heavy atom. The van der Waals surface area contributed by atoms with Crippen molar-refractivity contribution >= 4 is 17.1 Å². The maximum Gasteiger partial charge on any atom is 0.0465 e. The molecule has 1 nitrogen and oxygen atoms in total. The molecular formula is C48H37N. The standard InChI is InChI=1S/C48H37N/c1-47(2)43-20-12-11-19-39(43)40-25-22-37(28-44(40)47)49(36-17-7-4-8-18-36)38-23-26-42-41-24-21-33(32-13-5-3-6-14-32)27-45(41)48(46(42)29-38)30-34-15-9-10-16-35(34)31-48/h3-29H,30-31H2,1-2H3. The Morgan fingerprint density at radius 1 is 0.388 bits per heavy atom. The molecule has 0 fully saturated rings. The summed E-state index contributed by atoms with van der Waals surface area (Å²) >= 11 is 0. The van der Waals surface area contributed by atoms with E-state index in [9.17, 15) is 0 Å². The van der Waals surface area contributed by atoms with Crippen molar-refractivity contribution in [1.82, 2.24) is 0 Å². The molecule has 0 saturated heterocycles. The van der Waals surface area contributed by atoms with Gasteiger partial charge in [0.15, 0.2) is 0 Å². The summed E-state index contributed by atoms with van der Waals surface area (Å²) in [7, 11) is 0. The smallest absolute Gasteiger partial charge is 0.0465 e. The van der Waals surface area contributed by atoms with Crippen LogP contribution in [0.3, 0.4) is 0 Å². The minimum absolute atomic E-state index is 0.0694. The molecule has 1 heteroatoms. The van der Waals surface area contributed by atoms with E-state index in [4.69, 9.17) is 0 Å². The van der Waals surface area contributed by atoms with Crippen molar-refractivity contribution in [3.8, 4) is 33.4 Å². The fourth-order valence-corrected chi connectivity index (χ4v) is 9.28. The van der Waals surface area contributed by atoms with E-state index in [1.807, 2.05) is 0 Å². The highest BCUT2D eigenvalue weighted by atomic mass is 15.1. The minimum Gasteiger partial charge on any atom is -0.310 e. The molecule has 10 rings (SSSR count). The molecule has 7 aromatic carbocycles. The number of anilines is 3. The zero-order valence-electron chi connectivity index (χ0n) is 27.9. The molecule has 3 aliphatic rings. The Hall–Kier alpha value is -5.66. The summed E-state index contributed by atoms with van der Waals surface area (Å²) in [5.41, 5.74) is 20.0. The van der Waals surface area contributed by atoms with Crippen molar-refractivity contribution in [2.75, 3.05) is 4.90 Å². The average molecular weight is 628 g/mol. The van der Waals surface area contributed by atoms with Gasteiger partial charge in [0.05, 0.1) is 0 Å². The summed E-state index contributed by atoms with van der Waals surface area (Å²) in [5.74, 6) is 0. The SMILES string of the molecule is CC1(C)c2ccccc2-c2ccc(N(c3ccccc3)c3ccc4c(c3)C3(Cc5ccccc5C3)c3cc(-c5ccccc5)ccc3-4)cc21. The molecule has 0 atom stereocenters. The van der Waals surface area contributed by atoms with Crippen LogP contribution < -0.4 is 4.90 Å². The minimum atomic E-state index is -0.112. The molecule has 0 amide bonds. The van der Waals surface area contributed by atoms with Gasteiger partial charge in [0.25, 0.3) is 0 Å². The van der Waals surface area contributed by atoms with Gasteiger partial charge >= 0.3 is 0 Å². The molecule has 0 bridgehead atoms. The number of hydrogen-bond donors (Lipinski definition) is 0. The van der Waals surface area contributed by atoms with Crippen molar-refractivity contribution in [1.29, 1.82) is 0 Å². The van der Waals surface area contributed by atoms with E-state index in [0.717, 1.165) is 12.8 Å². The van der Waals surface area contributed by atoms with Crippen LogP contribution in [0.25, 0.3) is 33.4 Å². The van der Waals surface area contributed by atoms with Gasteiger partial charge in [-0.25, -0.2) is 0 Å². The van der Waals surface area contributed by atoms with Crippen LogP contribution in [0.15, 0.2) is 164 Å². The maximum absolute atomic E-state index is 2.52. The Kier molecular flexibility index (Phi) is 6.03. The predicted octanol–water partition coefficient (Wildman–Crippen LogP) is 12.2. The third-order valence-electron chi connectivity index (χ3n) is 11.7. The summed E-state index contributed by atoms with van der Waals surface area (Å²) in [4.78, 5) is 2.47. The Labute approximate surface area is 289 Å². The summed E-state index contributed by atoms with van der Waals surface area (Å²) < 4.78 is 0. The molecule has 0 saturated carbocycles. The second-order valence-corrected chi connectivity index (χ2v) is 14.6. The van der Waals surface area contributed by atoms with Gasteiger partial charge in [-0.3, -0.25) is 0 Å². The van der Waals surface area contributed by atoms with Gasteiger partial charge in [0.1, 0.15) is 0 Å². The molecule has 0 heterocycles. The first-order valence-electron chi connectivity index (χ1n) is 17.5. The van der Waals surface area contributed by atoms with Crippen LogP contribution in [0.1, 0.15) is 47.2 Å². The zero-order chi connectivity index (χ0) is 32.7. The lowest BCUT2D eigenvalue weighted by molar-refractivity contribution is 0.564. The molecule has 3 aliphatic carbocycles. The van der Waals surface area contributed by atoms with Gasteiger partial charge < -0.3 is 4.90 Å². The van der Waals surface area contributed by atoms with Crippen LogP contribution in [-0.2, 0) is 23.7 Å². The lowest BCUT2D eigenvalue weighted by Gasteiger charge is -2.31. The molecule has 0 aliphatic heterocycles. The Balaban J connectivity index is 1.16. The van der Waals surface area contributed by atoms with E-state index < -0.39 is 0 Å². The monoisotopic (exact) mass is 627 g/mol. The highest BCUT2D eigenvalue weighted by Gasteiger charge is 2.47. The van der Waals surface area contributed by atoms with Crippen LogP contribution in [0, 0.1) is 0 Å². The first-order valence-corrected chi connectivity index (χ1v) is 17.5. The maximum atomic E-state index is 2.52. The number of rotatable bonds is 4. The second kappa shape index (κ2) is 10.4. The average Bonchev–Trinajstić information content (AvgIpc) is 3.75. The highest BCUT2D eigenvalue weighted by molar-refractivity contribution is 5.90. The normalized spacial score (nSPS) is 15.3. The molecule has 0 aromatic heterocycles. The third-order valence-corrected chi connectivity index (χ3v) is 11.7. The number of benzene rings is 7. The van der Waals surface area contributed by atoms with Crippen LogP contribution in [0.5, 0.6) is 0 Å². The van der Waals surface area contributed by atoms with Crippen LogP contribution in [-0.4, -0.2) is 0 Å². The topological polar surface area (TPSA) is 3.24 Å². The van der Waals surface area contributed by atoms with E-state index in [2.05, 4.69) is 183 Å². The van der Waals surface area contributed by atoms with E-state index in [0.29, 0.717) is 0 Å². The molecule has 0 N–H and O–H groups in total. The van der Waals surface area contributed by atoms with Gasteiger partial charge in [0.2, 0.25) is 0 Å². The summed E-state index contributed by atoms with van der Waals surface area (Å²) in [5, 5.41) is 0. The fraction of sp³-hybridized carbons (Fsp3) is 0.125. The number of nitrogens with zero attached hydrogens (tertiary/aromatic N) is 1. The van der Waals surface area contributed by atoms with Gasteiger partial charge in [-0.2, -0.15) is 0 Å². The van der Waals surface area contributed by atoms with Gasteiger partial charge in [-0.1, -0.05) is 135 Å². The van der Waals surface area contributed by atoms with Crippen molar-refractivity contribution < 1.29 is 0 Å². The van der Waals surface area contributed by atoms with Crippen molar-refractivity contribution in [2.45, 2.75) is 37.5 Å². The van der Waals surface area contributed by atoms with Crippen molar-refractivity contribution in [3.05, 3.63) is 197 Å². The van der Waals surface area contributed by atoms with Crippen LogP contribution in [0.2, 0.25) is 0 Å². The molecule has 7 aromatic rings. The second-order valence-electron chi connectivity index (χ2n) is 14.6. The molecule has 0 unspecified atom stereocenters. The van der Waals surface area contributed by atoms with E-state index in [1.165, 1.54) is 83.8 Å². The summed E-state index contributed by atoms with van der Waals surface area (Å²) in [6.45, 7) is 4.73. The quantitative estimate of drug-likeness (QED) is 0.188. The van der Waals surface area contributed by atoms with Crippen LogP contribution >= 0.6 is 0 Å². The van der Waals surface area contributed by atoms with Gasteiger partial charge in [-0.15, -0.1) is 0 Å². The van der Waals surface area contributed by atoms with E-state index in [1.54, 1.807) is 0 Å². The summed E-state index contributed by atoms with van der Waals surface area (Å²) in [6.07, 6.45) is 2.03. The third kappa shape index (κ3) is 4.12. The molecule has 234 valence electrons. The van der Waals surface area contributed by atoms with Gasteiger partial charge in [0, 0.05) is 27.9 Å². The first-order chi connectivity index (χ1) is 24.0. The van der Waals surface area contributed by atoms with Gasteiger partial charge in [-0.05, 0) is 122 Å².